The minimum Gasteiger partial charge on any atom is -0.475 e. The number of aliphatic carboxylic acids is 1. The van der Waals surface area contributed by atoms with Crippen molar-refractivity contribution in [3.63, 3.8) is 0 Å². The van der Waals surface area contributed by atoms with Crippen molar-refractivity contribution in [2.45, 2.75) is 25.2 Å². The van der Waals surface area contributed by atoms with Crippen LogP contribution in [0.4, 0.5) is 17.6 Å². The Labute approximate surface area is 159 Å². The molecular weight excluding hydrogens is 382 g/mol. The van der Waals surface area contributed by atoms with Crippen molar-refractivity contribution < 1.29 is 32.2 Å². The SMILES string of the molecule is COCC1CN(Cc2ccc(F)cc2)Cc2nn(C)cc21.O=C(O)C(F)(F)F. The Morgan fingerprint density at radius 1 is 1.32 bits per heavy atom. The zero-order valence-electron chi connectivity index (χ0n) is 15.4. The first kappa shape index (κ1) is 21.8. The summed E-state index contributed by atoms with van der Waals surface area (Å²) in [6.07, 6.45) is -2.99. The van der Waals surface area contributed by atoms with Gasteiger partial charge in [0.2, 0.25) is 0 Å². The zero-order chi connectivity index (χ0) is 20.9. The van der Waals surface area contributed by atoms with Crippen LogP contribution >= 0.6 is 0 Å². The molecule has 6 nitrogen and oxygen atoms in total. The largest absolute Gasteiger partial charge is 0.490 e. The second-order valence-corrected chi connectivity index (χ2v) is 6.46. The average molecular weight is 403 g/mol. The lowest BCUT2D eigenvalue weighted by Crippen LogP contribution is -2.34. The van der Waals surface area contributed by atoms with Crippen LogP contribution in [0, 0.1) is 5.82 Å². The predicted molar refractivity (Wildman–Crippen MR) is 92.0 cm³/mol. The van der Waals surface area contributed by atoms with Crippen molar-refractivity contribution >= 4 is 5.97 Å². The molecule has 1 aliphatic heterocycles. The van der Waals surface area contributed by atoms with E-state index in [1.807, 2.05) is 23.9 Å². The number of aryl methyl sites for hydroxylation is 1. The maximum Gasteiger partial charge on any atom is 0.490 e. The van der Waals surface area contributed by atoms with Crippen molar-refractivity contribution in [2.75, 3.05) is 20.3 Å². The summed E-state index contributed by atoms with van der Waals surface area (Å²) >= 11 is 0. The number of carbonyl (C=O) groups is 1. The highest BCUT2D eigenvalue weighted by Crippen LogP contribution is 2.28. The molecule has 28 heavy (non-hydrogen) atoms. The van der Waals surface area contributed by atoms with Crippen LogP contribution in [0.25, 0.3) is 0 Å². The number of carboxylic acid groups (broad SMARTS) is 1. The van der Waals surface area contributed by atoms with Gasteiger partial charge in [0.15, 0.2) is 0 Å². The van der Waals surface area contributed by atoms with Gasteiger partial charge in [-0.2, -0.15) is 18.3 Å². The Morgan fingerprint density at radius 2 is 1.93 bits per heavy atom. The van der Waals surface area contributed by atoms with Gasteiger partial charge in [0.1, 0.15) is 5.82 Å². The highest BCUT2D eigenvalue weighted by atomic mass is 19.4. The standard InChI is InChI=1S/C16H20FN3O.C2HF3O2/c1-19-9-15-13(11-21-2)8-20(10-16(15)18-19)7-12-3-5-14(17)6-4-12;3-2(4,5)1(6)7/h3-6,9,13H,7-8,10-11H2,1-2H3;(H,6,7). The number of hydrogen-bond acceptors (Lipinski definition) is 4. The van der Waals surface area contributed by atoms with E-state index in [0.717, 1.165) is 30.9 Å². The van der Waals surface area contributed by atoms with Crippen LogP contribution in [-0.4, -0.2) is 52.2 Å². The number of ether oxygens (including phenoxy) is 1. The maximum atomic E-state index is 13.0. The Bertz CT molecular complexity index is 790. The lowest BCUT2D eigenvalue weighted by atomic mass is 9.95. The number of rotatable bonds is 4. The van der Waals surface area contributed by atoms with E-state index in [-0.39, 0.29) is 5.82 Å². The lowest BCUT2D eigenvalue weighted by Gasteiger charge is -2.31. The Balaban J connectivity index is 0.000000345. The molecule has 0 amide bonds. The monoisotopic (exact) mass is 403 g/mol. The molecule has 1 N–H and O–H groups in total. The topological polar surface area (TPSA) is 67.6 Å². The third-order valence-corrected chi connectivity index (χ3v) is 4.16. The summed E-state index contributed by atoms with van der Waals surface area (Å²) in [4.78, 5) is 11.2. The molecule has 10 heteroatoms. The van der Waals surface area contributed by atoms with E-state index in [2.05, 4.69) is 16.2 Å². The van der Waals surface area contributed by atoms with Gasteiger partial charge in [0.25, 0.3) is 0 Å². The van der Waals surface area contributed by atoms with Gasteiger partial charge in [-0.05, 0) is 17.7 Å². The van der Waals surface area contributed by atoms with E-state index in [1.54, 1.807) is 7.11 Å². The van der Waals surface area contributed by atoms with Crippen LogP contribution in [0.3, 0.4) is 0 Å². The van der Waals surface area contributed by atoms with Crippen LogP contribution in [0.2, 0.25) is 0 Å². The van der Waals surface area contributed by atoms with Crippen LogP contribution in [0.5, 0.6) is 0 Å². The van der Waals surface area contributed by atoms with Crippen molar-refractivity contribution in [1.82, 2.24) is 14.7 Å². The first-order chi connectivity index (χ1) is 13.1. The van der Waals surface area contributed by atoms with Crippen molar-refractivity contribution in [3.05, 3.63) is 53.1 Å². The van der Waals surface area contributed by atoms with E-state index in [9.17, 15) is 17.6 Å². The van der Waals surface area contributed by atoms with E-state index in [1.165, 1.54) is 17.7 Å². The highest BCUT2D eigenvalue weighted by Gasteiger charge is 2.38. The molecule has 1 unspecified atom stereocenters. The van der Waals surface area contributed by atoms with Gasteiger partial charge in [-0.1, -0.05) is 12.1 Å². The molecule has 3 rings (SSSR count). The molecule has 1 aromatic carbocycles. The summed E-state index contributed by atoms with van der Waals surface area (Å²) in [5.41, 5.74) is 3.52. The van der Waals surface area contributed by atoms with Gasteiger partial charge in [-0.25, -0.2) is 9.18 Å². The average Bonchev–Trinajstić information content (AvgIpc) is 2.97. The fraction of sp³-hybridized carbons (Fsp3) is 0.444. The minimum absolute atomic E-state index is 0.193. The summed E-state index contributed by atoms with van der Waals surface area (Å²) in [6.45, 7) is 3.26. The molecule has 0 saturated heterocycles. The normalized spacial score (nSPS) is 16.9. The van der Waals surface area contributed by atoms with Crippen molar-refractivity contribution in [3.8, 4) is 0 Å². The van der Waals surface area contributed by atoms with Gasteiger partial charge in [-0.15, -0.1) is 0 Å². The Morgan fingerprint density at radius 3 is 2.46 bits per heavy atom. The number of hydrogen-bond donors (Lipinski definition) is 1. The van der Waals surface area contributed by atoms with Gasteiger partial charge in [-0.3, -0.25) is 9.58 Å². The number of halogens is 4. The van der Waals surface area contributed by atoms with E-state index in [0.29, 0.717) is 12.5 Å². The van der Waals surface area contributed by atoms with E-state index < -0.39 is 12.1 Å². The third kappa shape index (κ3) is 6.03. The fourth-order valence-corrected chi connectivity index (χ4v) is 3.02. The quantitative estimate of drug-likeness (QED) is 0.796. The van der Waals surface area contributed by atoms with Crippen LogP contribution in [0.1, 0.15) is 22.7 Å². The smallest absolute Gasteiger partial charge is 0.475 e. The number of methoxy groups -OCH3 is 1. The molecule has 1 aromatic heterocycles. The van der Waals surface area contributed by atoms with Crippen LogP contribution in [-0.2, 0) is 29.7 Å². The molecule has 0 saturated carbocycles. The van der Waals surface area contributed by atoms with Gasteiger partial charge < -0.3 is 9.84 Å². The molecule has 0 fully saturated rings. The number of carboxylic acids is 1. The molecule has 154 valence electrons. The second-order valence-electron chi connectivity index (χ2n) is 6.46. The van der Waals surface area contributed by atoms with Crippen LogP contribution < -0.4 is 0 Å². The summed E-state index contributed by atoms with van der Waals surface area (Å²) in [6, 6.07) is 6.71. The van der Waals surface area contributed by atoms with Crippen LogP contribution in [0.15, 0.2) is 30.5 Å². The molecule has 1 aliphatic rings. The van der Waals surface area contributed by atoms with Crippen molar-refractivity contribution in [1.29, 1.82) is 0 Å². The maximum absolute atomic E-state index is 13.0. The Kier molecular flexibility index (Phi) is 7.14. The molecule has 0 radical (unpaired) electrons. The lowest BCUT2D eigenvalue weighted by molar-refractivity contribution is -0.192. The summed E-state index contributed by atoms with van der Waals surface area (Å²) in [5, 5.41) is 11.7. The molecule has 0 aliphatic carbocycles. The van der Waals surface area contributed by atoms with Crippen molar-refractivity contribution in [2.24, 2.45) is 7.05 Å². The number of benzene rings is 1. The first-order valence-corrected chi connectivity index (χ1v) is 8.38. The number of nitrogens with zero attached hydrogens (tertiary/aromatic N) is 3. The fourth-order valence-electron chi connectivity index (χ4n) is 3.02. The van der Waals surface area contributed by atoms with E-state index in [4.69, 9.17) is 14.6 Å². The number of fused-ring (bicyclic) bond motifs is 1. The highest BCUT2D eigenvalue weighted by molar-refractivity contribution is 5.73. The summed E-state index contributed by atoms with van der Waals surface area (Å²) in [7, 11) is 3.68. The van der Waals surface area contributed by atoms with Gasteiger partial charge in [0.05, 0.1) is 12.3 Å². The summed E-state index contributed by atoms with van der Waals surface area (Å²) in [5.74, 6) is -2.61. The predicted octanol–water partition coefficient (Wildman–Crippen LogP) is 2.94. The molecule has 0 bridgehead atoms. The summed E-state index contributed by atoms with van der Waals surface area (Å²) < 4.78 is 51.9. The molecule has 1 atom stereocenters. The Hall–Kier alpha value is -2.46. The minimum atomic E-state index is -5.08. The molecule has 2 heterocycles. The first-order valence-electron chi connectivity index (χ1n) is 8.38. The molecular formula is C18H21F4N3O3. The van der Waals surface area contributed by atoms with E-state index >= 15 is 0 Å². The van der Waals surface area contributed by atoms with Gasteiger partial charge in [0, 0.05) is 51.5 Å². The number of alkyl halides is 3. The zero-order valence-corrected chi connectivity index (χ0v) is 15.4. The third-order valence-electron chi connectivity index (χ3n) is 4.16. The van der Waals surface area contributed by atoms with Gasteiger partial charge >= 0.3 is 12.1 Å². The molecule has 2 aromatic rings. The number of aromatic nitrogens is 2. The second kappa shape index (κ2) is 9.16. The molecule has 0 spiro atoms.